The molecule has 36 heavy (non-hydrogen) atoms. The van der Waals surface area contributed by atoms with Crippen LogP contribution in [-0.4, -0.2) is 57.1 Å². The van der Waals surface area contributed by atoms with Gasteiger partial charge in [0.2, 0.25) is 21.8 Å². The molecule has 1 atom stereocenters. The molecule has 9 heteroatoms. The molecule has 1 fully saturated rings. The Balaban J connectivity index is 1.87. The summed E-state index contributed by atoms with van der Waals surface area (Å²) in [5, 5.41) is 3.10. The van der Waals surface area contributed by atoms with Crippen LogP contribution in [0.15, 0.2) is 48.5 Å². The average Bonchev–Trinajstić information content (AvgIpc) is 2.86. The van der Waals surface area contributed by atoms with E-state index in [1.54, 1.807) is 51.3 Å². The Morgan fingerprint density at radius 1 is 1.06 bits per heavy atom. The number of para-hydroxylation sites is 1. The van der Waals surface area contributed by atoms with E-state index in [0.29, 0.717) is 11.4 Å². The highest BCUT2D eigenvalue weighted by Gasteiger charge is 2.31. The molecular formula is C27H37N3O5S. The summed E-state index contributed by atoms with van der Waals surface area (Å²) in [6, 6.07) is 13.6. The first-order chi connectivity index (χ1) is 17.1. The van der Waals surface area contributed by atoms with Crippen molar-refractivity contribution in [2.24, 2.45) is 0 Å². The third-order valence-corrected chi connectivity index (χ3v) is 7.82. The second kappa shape index (κ2) is 12.3. The number of carbonyl (C=O) groups excluding carboxylic acids is 2. The van der Waals surface area contributed by atoms with Gasteiger partial charge in [0.15, 0.2) is 0 Å². The molecule has 0 aliphatic heterocycles. The van der Waals surface area contributed by atoms with E-state index in [0.717, 1.165) is 47.4 Å². The Morgan fingerprint density at radius 3 is 2.28 bits per heavy atom. The van der Waals surface area contributed by atoms with Gasteiger partial charge in [-0.25, -0.2) is 8.42 Å². The van der Waals surface area contributed by atoms with Gasteiger partial charge in [-0.05, 0) is 56.0 Å². The molecule has 0 saturated heterocycles. The van der Waals surface area contributed by atoms with Gasteiger partial charge in [0, 0.05) is 12.6 Å². The first-order valence-electron chi connectivity index (χ1n) is 12.4. The molecule has 0 aromatic heterocycles. The van der Waals surface area contributed by atoms with Gasteiger partial charge in [0.1, 0.15) is 18.3 Å². The number of amides is 2. The molecule has 8 nitrogen and oxygen atoms in total. The summed E-state index contributed by atoms with van der Waals surface area (Å²) in [4.78, 5) is 28.3. The lowest BCUT2D eigenvalue weighted by atomic mass is 9.95. The van der Waals surface area contributed by atoms with E-state index < -0.39 is 28.5 Å². The number of ether oxygens (including phenoxy) is 1. The maximum Gasteiger partial charge on any atom is 0.244 e. The normalized spacial score (nSPS) is 15.1. The summed E-state index contributed by atoms with van der Waals surface area (Å²) in [7, 11) is -2.17. The summed E-state index contributed by atoms with van der Waals surface area (Å²) in [6.07, 6.45) is 6.27. The second-order valence-electron chi connectivity index (χ2n) is 9.45. The maximum absolute atomic E-state index is 13.7. The fraction of sp³-hybridized carbons (Fsp3) is 0.481. The fourth-order valence-electron chi connectivity index (χ4n) is 4.52. The van der Waals surface area contributed by atoms with Crippen LogP contribution in [0.2, 0.25) is 0 Å². The molecule has 1 aliphatic rings. The number of methoxy groups -OCH3 is 1. The second-order valence-corrected chi connectivity index (χ2v) is 11.4. The van der Waals surface area contributed by atoms with Crippen LogP contribution in [0.3, 0.4) is 0 Å². The number of benzene rings is 2. The summed E-state index contributed by atoms with van der Waals surface area (Å²) in [5.74, 6) is -0.00105. The summed E-state index contributed by atoms with van der Waals surface area (Å²) < 4.78 is 31.7. The number of hydrogen-bond donors (Lipinski definition) is 1. The number of sulfonamides is 1. The molecule has 1 N–H and O–H groups in total. The smallest absolute Gasteiger partial charge is 0.244 e. The molecule has 2 amide bonds. The minimum Gasteiger partial charge on any atom is -0.497 e. The first kappa shape index (κ1) is 27.5. The lowest BCUT2D eigenvalue weighted by Gasteiger charge is -2.33. The summed E-state index contributed by atoms with van der Waals surface area (Å²) >= 11 is 0. The third kappa shape index (κ3) is 7.22. The van der Waals surface area contributed by atoms with Crippen molar-refractivity contribution in [2.45, 2.75) is 64.6 Å². The molecule has 0 unspecified atom stereocenters. The van der Waals surface area contributed by atoms with Gasteiger partial charge < -0.3 is 15.0 Å². The number of nitrogens with zero attached hydrogens (tertiary/aromatic N) is 2. The van der Waals surface area contributed by atoms with Crippen molar-refractivity contribution in [2.75, 3.05) is 24.2 Å². The van der Waals surface area contributed by atoms with Crippen LogP contribution < -0.4 is 14.4 Å². The number of aryl methyl sites for hydroxylation is 1. The van der Waals surface area contributed by atoms with E-state index in [9.17, 15) is 18.0 Å². The van der Waals surface area contributed by atoms with E-state index in [2.05, 4.69) is 5.32 Å². The van der Waals surface area contributed by atoms with E-state index >= 15 is 0 Å². The van der Waals surface area contributed by atoms with E-state index in [4.69, 9.17) is 4.74 Å². The van der Waals surface area contributed by atoms with Gasteiger partial charge in [-0.2, -0.15) is 0 Å². The van der Waals surface area contributed by atoms with Crippen molar-refractivity contribution < 1.29 is 22.7 Å². The lowest BCUT2D eigenvalue weighted by Crippen LogP contribution is -2.53. The molecule has 0 spiro atoms. The Bertz CT molecular complexity index is 1140. The monoisotopic (exact) mass is 515 g/mol. The molecule has 1 saturated carbocycles. The highest BCUT2D eigenvalue weighted by Crippen LogP contribution is 2.23. The lowest BCUT2D eigenvalue weighted by molar-refractivity contribution is -0.139. The van der Waals surface area contributed by atoms with Gasteiger partial charge in [0.05, 0.1) is 19.1 Å². The Labute approximate surface area is 214 Å². The molecule has 2 aromatic rings. The van der Waals surface area contributed by atoms with Gasteiger partial charge in [-0.3, -0.25) is 13.9 Å². The SMILES string of the molecule is COc1ccc(CN(C(=O)CN(c2ccccc2C)S(C)(=O)=O)[C@@H](C)C(=O)NC2CCCCC2)cc1. The Hall–Kier alpha value is -3.07. The van der Waals surface area contributed by atoms with Crippen molar-refractivity contribution >= 4 is 27.5 Å². The van der Waals surface area contributed by atoms with Gasteiger partial charge in [-0.15, -0.1) is 0 Å². The number of hydrogen-bond acceptors (Lipinski definition) is 5. The van der Waals surface area contributed by atoms with Crippen molar-refractivity contribution in [3.8, 4) is 5.75 Å². The van der Waals surface area contributed by atoms with Crippen molar-refractivity contribution in [3.63, 3.8) is 0 Å². The topological polar surface area (TPSA) is 96.0 Å². The van der Waals surface area contributed by atoms with Crippen LogP contribution in [0.25, 0.3) is 0 Å². The summed E-state index contributed by atoms with van der Waals surface area (Å²) in [5.41, 5.74) is 1.99. The Kier molecular flexibility index (Phi) is 9.37. The minimum absolute atomic E-state index is 0.103. The molecular weight excluding hydrogens is 478 g/mol. The molecule has 2 aromatic carbocycles. The predicted molar refractivity (Wildman–Crippen MR) is 141 cm³/mol. The predicted octanol–water partition coefficient (Wildman–Crippen LogP) is 3.64. The number of carbonyl (C=O) groups is 2. The number of nitrogens with one attached hydrogen (secondary N) is 1. The zero-order valence-electron chi connectivity index (χ0n) is 21.6. The van der Waals surface area contributed by atoms with Crippen molar-refractivity contribution in [1.29, 1.82) is 0 Å². The van der Waals surface area contributed by atoms with Crippen LogP contribution in [0.1, 0.15) is 50.2 Å². The number of anilines is 1. The third-order valence-electron chi connectivity index (χ3n) is 6.69. The van der Waals surface area contributed by atoms with E-state index in [1.807, 2.05) is 18.2 Å². The van der Waals surface area contributed by atoms with Gasteiger partial charge in [-0.1, -0.05) is 49.6 Å². The van der Waals surface area contributed by atoms with Gasteiger partial charge >= 0.3 is 0 Å². The molecule has 0 heterocycles. The van der Waals surface area contributed by atoms with E-state index in [-0.39, 0.29) is 18.5 Å². The van der Waals surface area contributed by atoms with Crippen LogP contribution in [0.4, 0.5) is 5.69 Å². The van der Waals surface area contributed by atoms with Crippen LogP contribution >= 0.6 is 0 Å². The molecule has 0 bridgehead atoms. The quantitative estimate of drug-likeness (QED) is 0.521. The highest BCUT2D eigenvalue weighted by atomic mass is 32.2. The minimum atomic E-state index is -3.75. The van der Waals surface area contributed by atoms with Crippen molar-refractivity contribution in [3.05, 3.63) is 59.7 Å². The zero-order valence-corrected chi connectivity index (χ0v) is 22.4. The average molecular weight is 516 g/mol. The largest absolute Gasteiger partial charge is 0.497 e. The van der Waals surface area contributed by atoms with Crippen molar-refractivity contribution in [1.82, 2.24) is 10.2 Å². The number of rotatable bonds is 10. The molecule has 196 valence electrons. The molecule has 0 radical (unpaired) electrons. The van der Waals surface area contributed by atoms with Crippen LogP contribution in [0, 0.1) is 6.92 Å². The zero-order chi connectivity index (χ0) is 26.3. The Morgan fingerprint density at radius 2 is 1.69 bits per heavy atom. The summed E-state index contributed by atoms with van der Waals surface area (Å²) in [6.45, 7) is 3.25. The standard InChI is InChI=1S/C27H37N3O5S/c1-20-10-8-9-13-25(20)30(36(4,33)34)19-26(31)29(18-22-14-16-24(35-3)17-15-22)21(2)27(32)28-23-11-6-5-7-12-23/h8-10,13-17,21,23H,5-7,11-12,18-19H2,1-4H3,(H,28,32)/t21-/m0/s1. The highest BCUT2D eigenvalue weighted by molar-refractivity contribution is 7.92. The maximum atomic E-state index is 13.7. The van der Waals surface area contributed by atoms with Gasteiger partial charge in [0.25, 0.3) is 0 Å². The van der Waals surface area contributed by atoms with E-state index in [1.165, 1.54) is 11.3 Å². The molecule has 3 rings (SSSR count). The first-order valence-corrected chi connectivity index (χ1v) is 14.2. The van der Waals surface area contributed by atoms with Crippen LogP contribution in [0.5, 0.6) is 5.75 Å². The fourth-order valence-corrected chi connectivity index (χ4v) is 5.42. The molecule has 1 aliphatic carbocycles. The van der Waals surface area contributed by atoms with Crippen LogP contribution in [-0.2, 0) is 26.2 Å².